The standard InChI is InChI=1S/C11H14BrN3O2/c1-15(9-5-13-6-10(9)16)11(17)8-3-2-7(12)4-14-8/h2-4,9-10,13,16H,5-6H2,1H3/t9-,10-/m0/s1. The first kappa shape index (κ1) is 12.5. The summed E-state index contributed by atoms with van der Waals surface area (Å²) in [7, 11) is 1.69. The van der Waals surface area contributed by atoms with Gasteiger partial charge in [0.05, 0.1) is 12.1 Å². The van der Waals surface area contributed by atoms with Gasteiger partial charge in [-0.3, -0.25) is 4.79 Å². The Morgan fingerprint density at radius 1 is 1.59 bits per heavy atom. The van der Waals surface area contributed by atoms with Crippen molar-refractivity contribution >= 4 is 21.8 Å². The van der Waals surface area contributed by atoms with Crippen LogP contribution in [0.3, 0.4) is 0 Å². The molecule has 0 aliphatic carbocycles. The lowest BCUT2D eigenvalue weighted by Crippen LogP contribution is -2.44. The van der Waals surface area contributed by atoms with E-state index in [0.29, 0.717) is 18.8 Å². The second kappa shape index (κ2) is 5.12. The first-order chi connectivity index (χ1) is 8.09. The zero-order valence-corrected chi connectivity index (χ0v) is 11.0. The highest BCUT2D eigenvalue weighted by Gasteiger charge is 2.31. The molecule has 2 N–H and O–H groups in total. The Balaban J connectivity index is 2.11. The Kier molecular flexibility index (Phi) is 3.76. The number of nitrogens with one attached hydrogen (secondary N) is 1. The molecule has 1 fully saturated rings. The molecule has 1 aliphatic heterocycles. The molecule has 0 unspecified atom stereocenters. The maximum Gasteiger partial charge on any atom is 0.272 e. The molecule has 1 saturated heterocycles. The van der Waals surface area contributed by atoms with Gasteiger partial charge in [0.15, 0.2) is 0 Å². The minimum atomic E-state index is -0.514. The molecule has 0 radical (unpaired) electrons. The fourth-order valence-corrected chi connectivity index (χ4v) is 2.11. The van der Waals surface area contributed by atoms with Crippen LogP contribution in [0.2, 0.25) is 0 Å². The second-order valence-corrected chi connectivity index (χ2v) is 4.99. The van der Waals surface area contributed by atoms with Crippen molar-refractivity contribution in [3.8, 4) is 0 Å². The summed E-state index contributed by atoms with van der Waals surface area (Å²) in [6, 6.07) is 3.25. The number of aromatic nitrogens is 1. The summed E-state index contributed by atoms with van der Waals surface area (Å²) in [5, 5.41) is 12.8. The number of aliphatic hydroxyl groups excluding tert-OH is 1. The fraction of sp³-hybridized carbons (Fsp3) is 0.455. The monoisotopic (exact) mass is 299 g/mol. The van der Waals surface area contributed by atoms with Crippen LogP contribution >= 0.6 is 15.9 Å². The Morgan fingerprint density at radius 3 is 2.88 bits per heavy atom. The van der Waals surface area contributed by atoms with E-state index in [9.17, 15) is 9.90 Å². The first-order valence-electron chi connectivity index (χ1n) is 5.37. The third kappa shape index (κ3) is 2.65. The Hall–Kier alpha value is -0.980. The van der Waals surface area contributed by atoms with Gasteiger partial charge in [-0.2, -0.15) is 0 Å². The summed E-state index contributed by atoms with van der Waals surface area (Å²) < 4.78 is 0.833. The molecule has 1 amide bonds. The third-order valence-electron chi connectivity index (χ3n) is 2.92. The van der Waals surface area contributed by atoms with Crippen LogP contribution in [-0.2, 0) is 0 Å². The number of carbonyl (C=O) groups excluding carboxylic acids is 1. The molecule has 5 nitrogen and oxygen atoms in total. The maximum atomic E-state index is 12.1. The molecule has 0 aromatic carbocycles. The number of nitrogens with zero attached hydrogens (tertiary/aromatic N) is 2. The molecule has 0 bridgehead atoms. The summed E-state index contributed by atoms with van der Waals surface area (Å²) in [4.78, 5) is 17.7. The number of likely N-dealkylation sites (N-methyl/N-ethyl adjacent to an activating group) is 1. The summed E-state index contributed by atoms with van der Waals surface area (Å²) in [6.07, 6.45) is 1.07. The van der Waals surface area contributed by atoms with Crippen LogP contribution in [0, 0.1) is 0 Å². The summed E-state index contributed by atoms with van der Waals surface area (Å²) in [5.41, 5.74) is 0.384. The van der Waals surface area contributed by atoms with E-state index in [1.807, 2.05) is 0 Å². The zero-order valence-electron chi connectivity index (χ0n) is 9.43. The second-order valence-electron chi connectivity index (χ2n) is 4.07. The molecular formula is C11H14BrN3O2. The van der Waals surface area contributed by atoms with Gasteiger partial charge in [-0.25, -0.2) is 4.98 Å². The van der Waals surface area contributed by atoms with Gasteiger partial charge >= 0.3 is 0 Å². The van der Waals surface area contributed by atoms with Gasteiger partial charge in [0.25, 0.3) is 5.91 Å². The first-order valence-corrected chi connectivity index (χ1v) is 6.16. The number of rotatable bonds is 2. The molecular weight excluding hydrogens is 286 g/mol. The average molecular weight is 300 g/mol. The Bertz CT molecular complexity index is 410. The van der Waals surface area contributed by atoms with Crippen LogP contribution in [0.4, 0.5) is 0 Å². The summed E-state index contributed by atoms with van der Waals surface area (Å²) in [6.45, 7) is 1.13. The molecule has 1 aliphatic rings. The van der Waals surface area contributed by atoms with Crippen LogP contribution in [0.1, 0.15) is 10.5 Å². The van der Waals surface area contributed by atoms with Crippen molar-refractivity contribution in [2.75, 3.05) is 20.1 Å². The van der Waals surface area contributed by atoms with E-state index in [-0.39, 0.29) is 11.9 Å². The molecule has 6 heteroatoms. The van der Waals surface area contributed by atoms with E-state index < -0.39 is 6.10 Å². The predicted octanol–water partition coefficient (Wildman–Crippen LogP) is 0.249. The quantitative estimate of drug-likeness (QED) is 0.822. The molecule has 0 spiro atoms. The minimum absolute atomic E-state index is 0.176. The van der Waals surface area contributed by atoms with Gasteiger partial charge in [0, 0.05) is 30.8 Å². The summed E-state index contributed by atoms with van der Waals surface area (Å²) >= 11 is 3.27. The van der Waals surface area contributed by atoms with E-state index in [2.05, 4.69) is 26.2 Å². The Labute approximate surface area is 108 Å². The number of aliphatic hydroxyl groups is 1. The van der Waals surface area contributed by atoms with Crippen molar-refractivity contribution in [2.45, 2.75) is 12.1 Å². The van der Waals surface area contributed by atoms with Gasteiger partial charge in [-0.1, -0.05) is 0 Å². The summed E-state index contributed by atoms with van der Waals surface area (Å²) in [5.74, 6) is -0.176. The van der Waals surface area contributed by atoms with Crippen molar-refractivity contribution in [3.05, 3.63) is 28.5 Å². The van der Waals surface area contributed by atoms with Gasteiger partial charge in [0.2, 0.25) is 0 Å². The maximum absolute atomic E-state index is 12.1. The van der Waals surface area contributed by atoms with Crippen molar-refractivity contribution in [2.24, 2.45) is 0 Å². The lowest BCUT2D eigenvalue weighted by molar-refractivity contribution is 0.0576. The number of pyridine rings is 1. The third-order valence-corrected chi connectivity index (χ3v) is 3.38. The van der Waals surface area contributed by atoms with Crippen LogP contribution in [0.15, 0.2) is 22.8 Å². The van der Waals surface area contributed by atoms with Crippen molar-refractivity contribution in [3.63, 3.8) is 0 Å². The van der Waals surface area contributed by atoms with Crippen LogP contribution in [0.5, 0.6) is 0 Å². The SMILES string of the molecule is CN(C(=O)c1ccc(Br)cn1)[C@H]1CNC[C@@H]1O. The van der Waals surface area contributed by atoms with Crippen molar-refractivity contribution < 1.29 is 9.90 Å². The number of hydrogen-bond donors (Lipinski definition) is 2. The lowest BCUT2D eigenvalue weighted by Gasteiger charge is -2.26. The highest BCUT2D eigenvalue weighted by molar-refractivity contribution is 9.10. The molecule has 1 aromatic heterocycles. The Morgan fingerprint density at radius 2 is 2.35 bits per heavy atom. The number of hydrogen-bond acceptors (Lipinski definition) is 4. The molecule has 2 rings (SSSR count). The van der Waals surface area contributed by atoms with E-state index in [1.165, 1.54) is 0 Å². The van der Waals surface area contributed by atoms with Gasteiger partial charge < -0.3 is 15.3 Å². The van der Waals surface area contributed by atoms with Gasteiger partial charge in [-0.15, -0.1) is 0 Å². The molecule has 0 saturated carbocycles. The van der Waals surface area contributed by atoms with E-state index in [0.717, 1.165) is 4.47 Å². The van der Waals surface area contributed by atoms with E-state index >= 15 is 0 Å². The smallest absolute Gasteiger partial charge is 0.272 e. The minimum Gasteiger partial charge on any atom is -0.390 e. The number of carbonyl (C=O) groups is 1. The highest BCUT2D eigenvalue weighted by atomic mass is 79.9. The van der Waals surface area contributed by atoms with E-state index in [1.54, 1.807) is 30.3 Å². The molecule has 1 aromatic rings. The van der Waals surface area contributed by atoms with Crippen LogP contribution < -0.4 is 5.32 Å². The van der Waals surface area contributed by atoms with Crippen molar-refractivity contribution in [1.29, 1.82) is 0 Å². The van der Waals surface area contributed by atoms with Gasteiger partial charge in [-0.05, 0) is 28.1 Å². The highest BCUT2D eigenvalue weighted by Crippen LogP contribution is 2.13. The predicted molar refractivity (Wildman–Crippen MR) is 66.7 cm³/mol. The topological polar surface area (TPSA) is 65.5 Å². The average Bonchev–Trinajstić information content (AvgIpc) is 2.74. The molecule has 2 heterocycles. The zero-order chi connectivity index (χ0) is 12.4. The molecule has 17 heavy (non-hydrogen) atoms. The molecule has 2 atom stereocenters. The van der Waals surface area contributed by atoms with Crippen LogP contribution in [0.25, 0.3) is 0 Å². The number of β-amino-alcohol motifs (C(OH)–C–C–N with tert-alkyl or cyclic N) is 1. The number of amides is 1. The fourth-order valence-electron chi connectivity index (χ4n) is 1.88. The van der Waals surface area contributed by atoms with Crippen LogP contribution in [-0.4, -0.2) is 53.2 Å². The van der Waals surface area contributed by atoms with E-state index in [4.69, 9.17) is 0 Å². The van der Waals surface area contributed by atoms with Crippen molar-refractivity contribution in [1.82, 2.24) is 15.2 Å². The van der Waals surface area contributed by atoms with Gasteiger partial charge in [0.1, 0.15) is 5.69 Å². The number of halogens is 1. The largest absolute Gasteiger partial charge is 0.390 e. The molecule has 92 valence electrons. The normalized spacial score (nSPS) is 23.7. The lowest BCUT2D eigenvalue weighted by atomic mass is 10.2.